The highest BCUT2D eigenvalue weighted by Crippen LogP contribution is 2.19. The molecule has 0 unspecified atom stereocenters. The molecule has 252 valence electrons. The lowest BCUT2D eigenvalue weighted by Gasteiger charge is -2.09. The Morgan fingerprint density at radius 3 is 1.23 bits per heavy atom. The molecule has 11 nitrogen and oxygen atoms in total. The Balaban J connectivity index is 0.000000300. The Morgan fingerprint density at radius 2 is 0.872 bits per heavy atom. The van der Waals surface area contributed by atoms with Gasteiger partial charge in [-0.15, -0.1) is 11.6 Å². The highest BCUT2D eigenvalue weighted by atomic mass is 35.5. The van der Waals surface area contributed by atoms with Crippen molar-refractivity contribution in [3.63, 3.8) is 0 Å². The van der Waals surface area contributed by atoms with Crippen molar-refractivity contribution in [1.29, 1.82) is 0 Å². The third kappa shape index (κ3) is 15.8. The lowest BCUT2D eigenvalue weighted by Crippen LogP contribution is -2.11. The third-order valence-electron chi connectivity index (χ3n) is 5.92. The minimum absolute atomic E-state index is 0.0890. The number of rotatable bonds is 14. The van der Waals surface area contributed by atoms with Crippen molar-refractivity contribution in [2.45, 2.75) is 19.3 Å². The number of aliphatic hydroxyl groups excluding tert-OH is 3. The number of hydrogen-bond donors (Lipinski definition) is 7. The van der Waals surface area contributed by atoms with Crippen molar-refractivity contribution in [3.05, 3.63) is 108 Å². The van der Waals surface area contributed by atoms with Gasteiger partial charge < -0.3 is 45.6 Å². The number of benzene rings is 4. The molecule has 0 spiro atoms. The molecule has 0 saturated carbocycles. The molecular weight excluding hydrogens is 628 g/mol. The maximum atomic E-state index is 12.2. The molecule has 2 amide bonds. The number of ether oxygens (including phenoxy) is 2. The van der Waals surface area contributed by atoms with Crippen LogP contribution in [0.2, 0.25) is 0 Å². The lowest BCUT2D eigenvalue weighted by atomic mass is 10.2. The number of phenolic OH excluding ortho intramolecular Hbond substituents is 2. The monoisotopic (exact) mass is 668 g/mol. The molecule has 0 fully saturated rings. The Hall–Kier alpha value is -4.81. The van der Waals surface area contributed by atoms with Gasteiger partial charge in [-0.25, -0.2) is 0 Å². The van der Waals surface area contributed by atoms with Crippen molar-refractivity contribution in [1.82, 2.24) is 0 Å². The van der Waals surface area contributed by atoms with E-state index in [1.807, 2.05) is 0 Å². The van der Waals surface area contributed by atoms with Crippen LogP contribution in [0.1, 0.15) is 40.0 Å². The topological polar surface area (TPSA) is 178 Å². The molecule has 7 N–H and O–H groups in total. The van der Waals surface area contributed by atoms with Crippen molar-refractivity contribution >= 4 is 34.8 Å². The molecular formula is C35H41ClN2O9. The summed E-state index contributed by atoms with van der Waals surface area (Å²) in [4.78, 5) is 24.0. The van der Waals surface area contributed by atoms with Crippen LogP contribution in [-0.2, 0) is 0 Å². The van der Waals surface area contributed by atoms with E-state index >= 15 is 0 Å². The zero-order valence-electron chi connectivity index (χ0n) is 25.8. The number of aliphatic hydroxyl groups is 3. The number of aromatic hydroxyl groups is 2. The first-order chi connectivity index (χ1) is 22.8. The summed E-state index contributed by atoms with van der Waals surface area (Å²) in [7, 11) is 0. The lowest BCUT2D eigenvalue weighted by molar-refractivity contribution is 0.101. The quantitative estimate of drug-likeness (QED) is 0.0525. The smallest absolute Gasteiger partial charge is 0.255 e. The van der Waals surface area contributed by atoms with Crippen molar-refractivity contribution in [2.24, 2.45) is 0 Å². The van der Waals surface area contributed by atoms with Crippen LogP contribution < -0.4 is 20.1 Å². The molecule has 12 heteroatoms. The van der Waals surface area contributed by atoms with Crippen LogP contribution in [0.4, 0.5) is 11.4 Å². The van der Waals surface area contributed by atoms with Gasteiger partial charge in [0.2, 0.25) is 0 Å². The highest BCUT2D eigenvalue weighted by Gasteiger charge is 2.07. The molecule has 0 radical (unpaired) electrons. The summed E-state index contributed by atoms with van der Waals surface area (Å²) in [6.45, 7) is 1.29. The molecule has 0 aliphatic carbocycles. The number of carbonyl (C=O) groups excluding carboxylic acids is 2. The number of halogens is 1. The number of amides is 2. The fourth-order valence-electron chi connectivity index (χ4n) is 3.47. The van der Waals surface area contributed by atoms with Crippen molar-refractivity contribution in [3.8, 4) is 23.0 Å². The Kier molecular flexibility index (Phi) is 18.5. The van der Waals surface area contributed by atoms with E-state index in [1.165, 1.54) is 36.4 Å². The zero-order valence-corrected chi connectivity index (χ0v) is 26.6. The molecule has 0 atom stereocenters. The number of nitrogens with one attached hydrogen (secondary N) is 2. The minimum atomic E-state index is -0.268. The fourth-order valence-corrected chi connectivity index (χ4v) is 3.59. The summed E-state index contributed by atoms with van der Waals surface area (Å²) in [6.07, 6.45) is 1.86. The van der Waals surface area contributed by atoms with E-state index in [2.05, 4.69) is 10.6 Å². The largest absolute Gasteiger partial charge is 0.508 e. The van der Waals surface area contributed by atoms with Crippen LogP contribution >= 0.6 is 11.6 Å². The molecule has 4 rings (SSSR count). The molecule has 0 aromatic heterocycles. The van der Waals surface area contributed by atoms with E-state index in [-0.39, 0.29) is 43.1 Å². The Bertz CT molecular complexity index is 1430. The molecule has 0 saturated heterocycles. The van der Waals surface area contributed by atoms with E-state index in [4.69, 9.17) is 46.6 Å². The van der Waals surface area contributed by atoms with E-state index in [0.29, 0.717) is 72.4 Å². The van der Waals surface area contributed by atoms with Gasteiger partial charge in [-0.1, -0.05) is 0 Å². The Labute approximate surface area is 279 Å². The second-order valence-electron chi connectivity index (χ2n) is 9.67. The molecule has 0 aliphatic rings. The number of carbonyl (C=O) groups is 2. The summed E-state index contributed by atoms with van der Waals surface area (Å²) in [5.74, 6) is 1.70. The fraction of sp³-hybridized carbons (Fsp3) is 0.257. The van der Waals surface area contributed by atoms with Crippen LogP contribution in [0.3, 0.4) is 0 Å². The third-order valence-corrected chi connectivity index (χ3v) is 6.18. The summed E-state index contributed by atoms with van der Waals surface area (Å²) >= 11 is 5.14. The van der Waals surface area contributed by atoms with Crippen LogP contribution in [0.5, 0.6) is 23.0 Å². The van der Waals surface area contributed by atoms with E-state index in [1.54, 1.807) is 60.7 Å². The molecule has 0 aliphatic heterocycles. The average Bonchev–Trinajstić information content (AvgIpc) is 3.08. The number of alkyl halides is 1. The van der Waals surface area contributed by atoms with Crippen molar-refractivity contribution < 1.29 is 44.6 Å². The predicted molar refractivity (Wildman–Crippen MR) is 182 cm³/mol. The molecule has 0 bridgehead atoms. The van der Waals surface area contributed by atoms with Crippen LogP contribution in [0.15, 0.2) is 97.1 Å². The van der Waals surface area contributed by atoms with Crippen LogP contribution in [0, 0.1) is 0 Å². The minimum Gasteiger partial charge on any atom is -0.508 e. The highest BCUT2D eigenvalue weighted by molar-refractivity contribution is 6.17. The maximum Gasteiger partial charge on any atom is 0.255 e. The number of anilines is 2. The normalized spacial score (nSPS) is 9.96. The van der Waals surface area contributed by atoms with Gasteiger partial charge in [-0.2, -0.15) is 0 Å². The maximum absolute atomic E-state index is 12.2. The van der Waals surface area contributed by atoms with Gasteiger partial charge in [0.15, 0.2) is 0 Å². The second kappa shape index (κ2) is 22.7. The summed E-state index contributed by atoms with van der Waals surface area (Å²) in [5.41, 5.74) is 2.25. The van der Waals surface area contributed by atoms with Gasteiger partial charge in [0, 0.05) is 61.0 Å². The second-order valence-corrected chi connectivity index (χ2v) is 10.0. The van der Waals surface area contributed by atoms with Crippen LogP contribution in [-0.4, -0.2) is 76.3 Å². The van der Waals surface area contributed by atoms with Gasteiger partial charge in [-0.05, 0) is 103 Å². The molecule has 4 aromatic carbocycles. The van der Waals surface area contributed by atoms with E-state index in [0.717, 1.165) is 0 Å². The van der Waals surface area contributed by atoms with Gasteiger partial charge >= 0.3 is 0 Å². The number of hydrogen-bond acceptors (Lipinski definition) is 9. The summed E-state index contributed by atoms with van der Waals surface area (Å²) < 4.78 is 10.9. The molecule has 4 aromatic rings. The SMILES string of the molecule is O=C(Nc1ccc(O)cc1)c1ccc(O)cc1.O=C(Nc1ccc(OCCCO)cc1)c1ccc(OCCCO)cc1.OCCCCl. The molecule has 47 heavy (non-hydrogen) atoms. The standard InChI is InChI=1S/C19H23NO5.C13H11NO3.C3H7ClO/c21-11-1-13-24-17-7-3-15(4-8-17)19(23)20-16-5-9-18(10-6-16)25-14-2-12-22;15-11-5-1-9(2-6-11)13(17)14-10-3-7-12(16)8-4-10;4-2-1-3-5/h3-10,21-22H,1-2,11-14H2,(H,20,23);1-8,15-16H,(H,14,17);5H,1-3H2. The van der Waals surface area contributed by atoms with Gasteiger partial charge in [0.1, 0.15) is 23.0 Å². The van der Waals surface area contributed by atoms with Gasteiger partial charge in [0.05, 0.1) is 13.2 Å². The van der Waals surface area contributed by atoms with Gasteiger partial charge in [0.25, 0.3) is 11.8 Å². The van der Waals surface area contributed by atoms with E-state index < -0.39 is 0 Å². The average molecular weight is 669 g/mol. The first kappa shape index (κ1) is 38.4. The van der Waals surface area contributed by atoms with Crippen molar-refractivity contribution in [2.75, 3.05) is 49.5 Å². The zero-order chi connectivity index (χ0) is 34.3. The Morgan fingerprint density at radius 1 is 0.532 bits per heavy atom. The van der Waals surface area contributed by atoms with Gasteiger partial charge in [-0.3, -0.25) is 9.59 Å². The predicted octanol–water partition coefficient (Wildman–Crippen LogP) is 5.42. The first-order valence-electron chi connectivity index (χ1n) is 14.8. The number of phenols is 2. The van der Waals surface area contributed by atoms with Crippen LogP contribution in [0.25, 0.3) is 0 Å². The first-order valence-corrected chi connectivity index (χ1v) is 15.4. The summed E-state index contributed by atoms with van der Waals surface area (Å²) in [5, 5.41) is 49.1. The molecule has 0 heterocycles. The van der Waals surface area contributed by atoms with E-state index in [9.17, 15) is 9.59 Å². The summed E-state index contributed by atoms with van der Waals surface area (Å²) in [6, 6.07) is 26.1.